The minimum atomic E-state index is -3.51. The minimum Gasteiger partial charge on any atom is -0.390 e. The fourth-order valence-corrected chi connectivity index (χ4v) is 3.38. The molecule has 0 aromatic carbocycles. The van der Waals surface area contributed by atoms with Crippen molar-refractivity contribution in [2.24, 2.45) is 13.0 Å². The Bertz CT molecular complexity index is 508. The van der Waals surface area contributed by atoms with Crippen molar-refractivity contribution in [3.05, 3.63) is 18.0 Å². The molecule has 19 heavy (non-hydrogen) atoms. The van der Waals surface area contributed by atoms with Gasteiger partial charge in [0.05, 0.1) is 11.5 Å². The van der Waals surface area contributed by atoms with E-state index in [2.05, 4.69) is 18.6 Å². The van der Waals surface area contributed by atoms with Crippen molar-refractivity contribution in [1.82, 2.24) is 9.29 Å². The number of hydrogen-bond donors (Lipinski definition) is 2. The van der Waals surface area contributed by atoms with Crippen LogP contribution in [-0.4, -0.2) is 24.1 Å². The highest BCUT2D eigenvalue weighted by atomic mass is 32.2. The van der Waals surface area contributed by atoms with Gasteiger partial charge in [-0.2, -0.15) is 0 Å². The van der Waals surface area contributed by atoms with Crippen LogP contribution in [0.4, 0.5) is 0 Å². The van der Waals surface area contributed by atoms with Crippen molar-refractivity contribution < 1.29 is 13.5 Å². The highest BCUT2D eigenvalue weighted by Gasteiger charge is 2.20. The number of aliphatic hydroxyl groups is 1. The van der Waals surface area contributed by atoms with Crippen LogP contribution in [0.15, 0.2) is 17.2 Å². The second-order valence-electron chi connectivity index (χ2n) is 5.21. The lowest BCUT2D eigenvalue weighted by atomic mass is 10.0. The monoisotopic (exact) mass is 288 g/mol. The van der Waals surface area contributed by atoms with E-state index < -0.39 is 10.0 Å². The average Bonchev–Trinajstić information content (AvgIpc) is 2.70. The van der Waals surface area contributed by atoms with E-state index in [1.54, 1.807) is 11.6 Å². The second kappa shape index (κ2) is 6.54. The molecule has 0 bridgehead atoms. The number of nitrogens with zero attached hydrogens (tertiary/aromatic N) is 1. The van der Waals surface area contributed by atoms with Crippen molar-refractivity contribution in [2.75, 3.05) is 0 Å². The first kappa shape index (κ1) is 16.2. The number of aliphatic hydroxyl groups excluding tert-OH is 1. The Morgan fingerprint density at radius 3 is 2.53 bits per heavy atom. The molecule has 1 rings (SSSR count). The number of hydrogen-bond acceptors (Lipinski definition) is 3. The summed E-state index contributed by atoms with van der Waals surface area (Å²) >= 11 is 0. The fourth-order valence-electron chi connectivity index (χ4n) is 2.03. The van der Waals surface area contributed by atoms with Gasteiger partial charge >= 0.3 is 0 Å². The van der Waals surface area contributed by atoms with E-state index >= 15 is 0 Å². The lowest BCUT2D eigenvalue weighted by Crippen LogP contribution is -2.33. The smallest absolute Gasteiger partial charge is 0.242 e. The molecule has 1 heterocycles. The van der Waals surface area contributed by atoms with Gasteiger partial charge in [-0.15, -0.1) is 0 Å². The standard InChI is InChI=1S/C13H24N2O3S/c1-5-10(2)6-11(3)14-19(17,18)13-7-12(9-16)15(4)8-13/h7-8,10-11,14,16H,5-6,9H2,1-4H3. The van der Waals surface area contributed by atoms with Crippen LogP contribution in [0, 0.1) is 5.92 Å². The van der Waals surface area contributed by atoms with E-state index in [-0.39, 0.29) is 17.5 Å². The van der Waals surface area contributed by atoms with Gasteiger partial charge in [0.1, 0.15) is 0 Å². The van der Waals surface area contributed by atoms with Crippen molar-refractivity contribution in [3.8, 4) is 0 Å². The third kappa shape index (κ3) is 4.33. The van der Waals surface area contributed by atoms with Crippen molar-refractivity contribution in [3.63, 3.8) is 0 Å². The number of sulfonamides is 1. The van der Waals surface area contributed by atoms with Crippen LogP contribution in [0.5, 0.6) is 0 Å². The summed E-state index contributed by atoms with van der Waals surface area (Å²) in [6.45, 7) is 5.90. The zero-order valence-corrected chi connectivity index (χ0v) is 12.9. The van der Waals surface area contributed by atoms with Crippen LogP contribution in [0.1, 0.15) is 39.3 Å². The summed E-state index contributed by atoms with van der Waals surface area (Å²) in [6.07, 6.45) is 3.37. The summed E-state index contributed by atoms with van der Waals surface area (Å²) in [6, 6.07) is 1.40. The van der Waals surface area contributed by atoms with Gasteiger partial charge in [0.15, 0.2) is 0 Å². The maximum atomic E-state index is 12.2. The van der Waals surface area contributed by atoms with E-state index in [0.717, 1.165) is 12.8 Å². The van der Waals surface area contributed by atoms with Crippen LogP contribution < -0.4 is 4.72 Å². The Hall–Kier alpha value is -0.850. The Morgan fingerprint density at radius 1 is 1.42 bits per heavy atom. The van der Waals surface area contributed by atoms with Crippen LogP contribution in [0.2, 0.25) is 0 Å². The molecule has 110 valence electrons. The van der Waals surface area contributed by atoms with E-state index in [1.165, 1.54) is 12.3 Å². The quantitative estimate of drug-likeness (QED) is 0.801. The van der Waals surface area contributed by atoms with Crippen molar-refractivity contribution in [1.29, 1.82) is 0 Å². The fraction of sp³-hybridized carbons (Fsp3) is 0.692. The molecule has 1 aromatic heterocycles. The van der Waals surface area contributed by atoms with Gasteiger partial charge in [0.2, 0.25) is 10.0 Å². The summed E-state index contributed by atoms with van der Waals surface area (Å²) in [5.41, 5.74) is 0.579. The predicted octanol–water partition coefficient (Wildman–Crippen LogP) is 1.62. The lowest BCUT2D eigenvalue weighted by Gasteiger charge is -2.17. The molecule has 0 aliphatic carbocycles. The van der Waals surface area contributed by atoms with E-state index in [9.17, 15) is 8.42 Å². The summed E-state index contributed by atoms with van der Waals surface area (Å²) in [5, 5.41) is 9.09. The summed E-state index contributed by atoms with van der Waals surface area (Å²) in [7, 11) is -1.79. The van der Waals surface area contributed by atoms with Gasteiger partial charge in [-0.25, -0.2) is 13.1 Å². The van der Waals surface area contributed by atoms with E-state index in [4.69, 9.17) is 5.11 Å². The Balaban J connectivity index is 2.80. The number of aromatic nitrogens is 1. The van der Waals surface area contributed by atoms with Gasteiger partial charge in [0.25, 0.3) is 0 Å². The molecule has 0 saturated carbocycles. The number of aryl methyl sites for hydroxylation is 1. The molecule has 0 saturated heterocycles. The Morgan fingerprint density at radius 2 is 2.05 bits per heavy atom. The topological polar surface area (TPSA) is 71.3 Å². The van der Waals surface area contributed by atoms with Gasteiger partial charge in [-0.3, -0.25) is 0 Å². The lowest BCUT2D eigenvalue weighted by molar-refractivity contribution is 0.272. The average molecular weight is 288 g/mol. The zero-order valence-electron chi connectivity index (χ0n) is 12.0. The Labute approximate surface area is 115 Å². The van der Waals surface area contributed by atoms with E-state index in [0.29, 0.717) is 11.6 Å². The highest BCUT2D eigenvalue weighted by molar-refractivity contribution is 7.89. The largest absolute Gasteiger partial charge is 0.390 e. The second-order valence-corrected chi connectivity index (χ2v) is 6.92. The van der Waals surface area contributed by atoms with E-state index in [1.807, 2.05) is 6.92 Å². The molecule has 2 atom stereocenters. The molecule has 0 aliphatic rings. The molecule has 2 N–H and O–H groups in total. The van der Waals surface area contributed by atoms with Gasteiger partial charge in [0, 0.05) is 25.0 Å². The van der Waals surface area contributed by atoms with Crippen LogP contribution >= 0.6 is 0 Å². The summed E-state index contributed by atoms with van der Waals surface area (Å²) in [4.78, 5) is 0.204. The molecule has 0 fully saturated rings. The number of rotatable bonds is 7. The first-order chi connectivity index (χ1) is 8.80. The molecule has 0 aliphatic heterocycles. The van der Waals surface area contributed by atoms with Crippen LogP contribution in [-0.2, 0) is 23.7 Å². The molecule has 0 amide bonds. The molecule has 1 aromatic rings. The first-order valence-electron chi connectivity index (χ1n) is 6.58. The summed E-state index contributed by atoms with van der Waals surface area (Å²) < 4.78 is 28.7. The van der Waals surface area contributed by atoms with Gasteiger partial charge in [-0.1, -0.05) is 20.3 Å². The molecular weight excluding hydrogens is 264 g/mol. The third-order valence-electron chi connectivity index (χ3n) is 3.36. The predicted molar refractivity (Wildman–Crippen MR) is 75.2 cm³/mol. The first-order valence-corrected chi connectivity index (χ1v) is 8.06. The maximum absolute atomic E-state index is 12.2. The maximum Gasteiger partial charge on any atom is 0.242 e. The molecule has 0 spiro atoms. The SMILES string of the molecule is CCC(C)CC(C)NS(=O)(=O)c1cc(CO)n(C)c1. The molecule has 5 nitrogen and oxygen atoms in total. The molecular formula is C13H24N2O3S. The van der Waals surface area contributed by atoms with Crippen molar-refractivity contribution >= 4 is 10.0 Å². The zero-order chi connectivity index (χ0) is 14.6. The third-order valence-corrected chi connectivity index (χ3v) is 4.92. The van der Waals surface area contributed by atoms with Crippen LogP contribution in [0.3, 0.4) is 0 Å². The molecule has 2 unspecified atom stereocenters. The van der Waals surface area contributed by atoms with Gasteiger partial charge < -0.3 is 9.67 Å². The molecule has 6 heteroatoms. The van der Waals surface area contributed by atoms with Crippen molar-refractivity contribution in [2.45, 2.75) is 51.2 Å². The minimum absolute atomic E-state index is 0.0993. The van der Waals surface area contributed by atoms with Crippen LogP contribution in [0.25, 0.3) is 0 Å². The highest BCUT2D eigenvalue weighted by Crippen LogP contribution is 2.16. The Kier molecular flexibility index (Phi) is 5.58. The number of nitrogens with one attached hydrogen (secondary N) is 1. The van der Waals surface area contributed by atoms with Gasteiger partial charge in [-0.05, 0) is 25.3 Å². The summed E-state index contributed by atoms with van der Waals surface area (Å²) in [5.74, 6) is 0.487. The molecule has 0 radical (unpaired) electrons. The normalized spacial score (nSPS) is 15.4.